The van der Waals surface area contributed by atoms with Crippen LogP contribution in [0.15, 0.2) is 47.7 Å². The van der Waals surface area contributed by atoms with Crippen LogP contribution in [0, 0.1) is 0 Å². The topological polar surface area (TPSA) is 66.5 Å². The van der Waals surface area contributed by atoms with E-state index >= 15 is 0 Å². The lowest BCUT2D eigenvalue weighted by Gasteiger charge is -2.05. The van der Waals surface area contributed by atoms with Crippen molar-refractivity contribution < 1.29 is 9.53 Å². The average molecular weight is 271 g/mol. The number of aromatic amines is 1. The first kappa shape index (κ1) is 13.9. The maximum atomic E-state index is 11.8. The second-order valence-electron chi connectivity index (χ2n) is 4.20. The Morgan fingerprint density at radius 1 is 1.35 bits per heavy atom. The number of hydrazone groups is 1. The maximum absolute atomic E-state index is 11.8. The summed E-state index contributed by atoms with van der Waals surface area (Å²) in [5.74, 6) is 0.508. The third kappa shape index (κ3) is 3.98. The third-order valence-electron chi connectivity index (χ3n) is 2.58. The Bertz CT molecular complexity index is 559. The molecule has 0 radical (unpaired) electrons. The van der Waals surface area contributed by atoms with Crippen LogP contribution in [-0.4, -0.2) is 23.7 Å². The molecule has 1 aromatic carbocycles. The number of nitrogens with zero attached hydrogens (tertiary/aromatic N) is 1. The van der Waals surface area contributed by atoms with Crippen molar-refractivity contribution in [3.8, 4) is 5.75 Å². The molecule has 0 saturated carbocycles. The highest BCUT2D eigenvalue weighted by Gasteiger charge is 2.04. The maximum Gasteiger partial charge on any atom is 0.271 e. The summed E-state index contributed by atoms with van der Waals surface area (Å²) in [6, 6.07) is 10.7. The Labute approximate surface area is 117 Å². The number of nitrogens with one attached hydrogen (secondary N) is 2. The number of hydrogen-bond acceptors (Lipinski definition) is 3. The van der Waals surface area contributed by atoms with Gasteiger partial charge in [0.05, 0.1) is 18.5 Å². The number of hydrogen-bond donors (Lipinski definition) is 2. The minimum absolute atomic E-state index is 0.255. The standard InChI is InChI=1S/C15H17N3O2/c1-2-10-20-14-7-5-12(6-8-14)15(19)18-17-11-13-4-3-9-16-13/h3-9,11,16H,2,10H2,1H3,(H,18,19). The number of carbonyl (C=O) groups excluding carboxylic acids is 1. The van der Waals surface area contributed by atoms with Gasteiger partial charge in [0.1, 0.15) is 5.75 Å². The molecule has 0 aliphatic carbocycles. The zero-order valence-electron chi connectivity index (χ0n) is 11.3. The summed E-state index contributed by atoms with van der Waals surface area (Å²) in [6.45, 7) is 2.72. The lowest BCUT2D eigenvalue weighted by Crippen LogP contribution is -2.17. The molecule has 1 amide bonds. The molecule has 0 bridgehead atoms. The molecule has 2 rings (SSSR count). The Kier molecular flexibility index (Phi) is 4.94. The highest BCUT2D eigenvalue weighted by Crippen LogP contribution is 2.12. The van der Waals surface area contributed by atoms with Gasteiger partial charge < -0.3 is 9.72 Å². The van der Waals surface area contributed by atoms with Gasteiger partial charge in [-0.1, -0.05) is 6.92 Å². The molecule has 104 valence electrons. The monoisotopic (exact) mass is 271 g/mol. The van der Waals surface area contributed by atoms with E-state index < -0.39 is 0 Å². The van der Waals surface area contributed by atoms with Crippen LogP contribution in [-0.2, 0) is 0 Å². The van der Waals surface area contributed by atoms with Crippen molar-refractivity contribution in [3.05, 3.63) is 53.9 Å². The fourth-order valence-electron chi connectivity index (χ4n) is 1.57. The van der Waals surface area contributed by atoms with Crippen LogP contribution in [0.4, 0.5) is 0 Å². The van der Waals surface area contributed by atoms with E-state index in [0.717, 1.165) is 17.9 Å². The first-order valence-electron chi connectivity index (χ1n) is 6.49. The number of amides is 1. The number of ether oxygens (including phenoxy) is 1. The zero-order chi connectivity index (χ0) is 14.2. The molecule has 2 aromatic rings. The molecule has 20 heavy (non-hydrogen) atoms. The van der Waals surface area contributed by atoms with E-state index in [-0.39, 0.29) is 5.91 Å². The second kappa shape index (κ2) is 7.13. The lowest BCUT2D eigenvalue weighted by atomic mass is 10.2. The molecule has 0 fully saturated rings. The van der Waals surface area contributed by atoms with Gasteiger partial charge in [-0.25, -0.2) is 5.43 Å². The minimum atomic E-state index is -0.255. The van der Waals surface area contributed by atoms with Crippen molar-refractivity contribution in [2.75, 3.05) is 6.61 Å². The van der Waals surface area contributed by atoms with Crippen molar-refractivity contribution in [3.63, 3.8) is 0 Å². The van der Waals surface area contributed by atoms with Crippen LogP contribution < -0.4 is 10.2 Å². The fraction of sp³-hybridized carbons (Fsp3) is 0.200. The summed E-state index contributed by atoms with van der Waals surface area (Å²) in [5, 5.41) is 3.88. The number of benzene rings is 1. The van der Waals surface area contributed by atoms with Crippen molar-refractivity contribution >= 4 is 12.1 Å². The molecule has 0 aliphatic rings. The highest BCUT2D eigenvalue weighted by molar-refractivity contribution is 5.94. The van der Waals surface area contributed by atoms with E-state index in [4.69, 9.17) is 4.74 Å². The van der Waals surface area contributed by atoms with Crippen LogP contribution in [0.1, 0.15) is 29.4 Å². The van der Waals surface area contributed by atoms with Gasteiger partial charge in [-0.2, -0.15) is 5.10 Å². The van der Waals surface area contributed by atoms with E-state index in [1.807, 2.05) is 19.1 Å². The first-order chi connectivity index (χ1) is 9.79. The predicted molar refractivity (Wildman–Crippen MR) is 78.1 cm³/mol. The van der Waals surface area contributed by atoms with E-state index in [1.54, 1.807) is 36.7 Å². The van der Waals surface area contributed by atoms with Crippen LogP contribution in [0.2, 0.25) is 0 Å². The molecule has 1 aromatic heterocycles. The smallest absolute Gasteiger partial charge is 0.271 e. The minimum Gasteiger partial charge on any atom is -0.494 e. The van der Waals surface area contributed by atoms with Gasteiger partial charge in [-0.05, 0) is 42.8 Å². The van der Waals surface area contributed by atoms with Gasteiger partial charge >= 0.3 is 0 Å². The van der Waals surface area contributed by atoms with Crippen molar-refractivity contribution in [1.82, 2.24) is 10.4 Å². The van der Waals surface area contributed by atoms with Gasteiger partial charge in [0, 0.05) is 11.8 Å². The van der Waals surface area contributed by atoms with Crippen molar-refractivity contribution in [1.29, 1.82) is 0 Å². The number of rotatable bonds is 6. The summed E-state index contributed by atoms with van der Waals surface area (Å²) in [4.78, 5) is 14.8. The van der Waals surface area contributed by atoms with Crippen molar-refractivity contribution in [2.45, 2.75) is 13.3 Å². The quantitative estimate of drug-likeness (QED) is 0.626. The summed E-state index contributed by atoms with van der Waals surface area (Å²) in [7, 11) is 0. The van der Waals surface area contributed by atoms with Gasteiger partial charge in [-0.15, -0.1) is 0 Å². The van der Waals surface area contributed by atoms with Gasteiger partial charge in [-0.3, -0.25) is 4.79 Å². The summed E-state index contributed by atoms with van der Waals surface area (Å²) >= 11 is 0. The van der Waals surface area contributed by atoms with E-state index in [1.165, 1.54) is 0 Å². The largest absolute Gasteiger partial charge is 0.494 e. The molecule has 1 heterocycles. The molecule has 0 spiro atoms. The third-order valence-corrected chi connectivity index (χ3v) is 2.58. The Morgan fingerprint density at radius 2 is 2.15 bits per heavy atom. The van der Waals surface area contributed by atoms with Crippen molar-refractivity contribution in [2.24, 2.45) is 5.10 Å². The normalized spacial score (nSPS) is 10.7. The summed E-state index contributed by atoms with van der Waals surface area (Å²) in [5.41, 5.74) is 3.84. The molecule has 5 heteroatoms. The molecular formula is C15H17N3O2. The van der Waals surface area contributed by atoms with E-state index in [0.29, 0.717) is 12.2 Å². The Hall–Kier alpha value is -2.56. The molecule has 0 atom stereocenters. The van der Waals surface area contributed by atoms with Gasteiger partial charge in [0.2, 0.25) is 0 Å². The number of H-pyrrole nitrogens is 1. The fourth-order valence-corrected chi connectivity index (χ4v) is 1.57. The highest BCUT2D eigenvalue weighted by atomic mass is 16.5. The van der Waals surface area contributed by atoms with E-state index in [2.05, 4.69) is 15.5 Å². The second-order valence-corrected chi connectivity index (χ2v) is 4.20. The van der Waals surface area contributed by atoms with E-state index in [9.17, 15) is 4.79 Å². The van der Waals surface area contributed by atoms with Gasteiger partial charge in [0.25, 0.3) is 5.91 Å². The van der Waals surface area contributed by atoms with Crippen LogP contribution in [0.5, 0.6) is 5.75 Å². The average Bonchev–Trinajstić information content (AvgIpc) is 2.99. The molecule has 5 nitrogen and oxygen atoms in total. The lowest BCUT2D eigenvalue weighted by molar-refractivity contribution is 0.0955. The molecule has 0 saturated heterocycles. The Balaban J connectivity index is 1.89. The molecule has 2 N–H and O–H groups in total. The summed E-state index contributed by atoms with van der Waals surface area (Å²) < 4.78 is 5.45. The predicted octanol–water partition coefficient (Wildman–Crippen LogP) is 2.57. The first-order valence-corrected chi connectivity index (χ1v) is 6.49. The number of aromatic nitrogens is 1. The Morgan fingerprint density at radius 3 is 2.80 bits per heavy atom. The SMILES string of the molecule is CCCOc1ccc(C(=O)NN=Cc2ccc[nH]2)cc1. The number of carbonyl (C=O) groups is 1. The van der Waals surface area contributed by atoms with Crippen LogP contribution in [0.25, 0.3) is 0 Å². The zero-order valence-corrected chi connectivity index (χ0v) is 11.3. The van der Waals surface area contributed by atoms with Crippen LogP contribution in [0.3, 0.4) is 0 Å². The molecule has 0 unspecified atom stereocenters. The summed E-state index contributed by atoms with van der Waals surface area (Å²) in [6.07, 6.45) is 4.30. The molecule has 0 aliphatic heterocycles. The van der Waals surface area contributed by atoms with Gasteiger partial charge in [0.15, 0.2) is 0 Å². The van der Waals surface area contributed by atoms with Crippen LogP contribution >= 0.6 is 0 Å². The molecular weight excluding hydrogens is 254 g/mol.